The zero-order valence-corrected chi connectivity index (χ0v) is 24.9. The summed E-state index contributed by atoms with van der Waals surface area (Å²) >= 11 is 0. The van der Waals surface area contributed by atoms with Crippen molar-refractivity contribution in [3.63, 3.8) is 0 Å². The molecule has 7 aliphatic rings. The zero-order chi connectivity index (χ0) is 30.4. The fourth-order valence-electron chi connectivity index (χ4n) is 10.4. The van der Waals surface area contributed by atoms with Crippen molar-refractivity contribution < 1.29 is 53.1 Å². The van der Waals surface area contributed by atoms with Gasteiger partial charge in [0.15, 0.2) is 17.5 Å². The number of ketones is 1. The van der Waals surface area contributed by atoms with E-state index >= 15 is 0 Å². The summed E-state index contributed by atoms with van der Waals surface area (Å²) in [5.74, 6) is -6.61. The minimum absolute atomic E-state index is 0.00702. The third-order valence-corrected chi connectivity index (χ3v) is 12.1. The van der Waals surface area contributed by atoms with Gasteiger partial charge >= 0.3 is 17.9 Å². The lowest BCUT2D eigenvalue weighted by molar-refractivity contribution is -0.276. The van der Waals surface area contributed by atoms with E-state index in [0.717, 1.165) is 0 Å². The van der Waals surface area contributed by atoms with E-state index in [-0.39, 0.29) is 24.7 Å². The van der Waals surface area contributed by atoms with Gasteiger partial charge in [-0.25, -0.2) is 4.79 Å². The minimum atomic E-state index is -2.19. The molecule has 230 valence electrons. The average molecular weight is 589 g/mol. The van der Waals surface area contributed by atoms with Crippen LogP contribution in [0.3, 0.4) is 0 Å². The van der Waals surface area contributed by atoms with Gasteiger partial charge < -0.3 is 33.9 Å². The summed E-state index contributed by atoms with van der Waals surface area (Å²) in [5, 5.41) is 24.5. The molecule has 42 heavy (non-hydrogen) atoms. The predicted molar refractivity (Wildman–Crippen MR) is 141 cm³/mol. The Morgan fingerprint density at radius 1 is 1.14 bits per heavy atom. The van der Waals surface area contributed by atoms with Crippen LogP contribution >= 0.6 is 0 Å². The Morgan fingerprint density at radius 2 is 1.86 bits per heavy atom. The third kappa shape index (κ3) is 3.31. The molecule has 2 spiro atoms. The van der Waals surface area contributed by atoms with E-state index < -0.39 is 93.9 Å². The van der Waals surface area contributed by atoms with Gasteiger partial charge in [0.05, 0.1) is 17.9 Å². The van der Waals surface area contributed by atoms with Crippen LogP contribution in [-0.2, 0) is 42.9 Å². The highest BCUT2D eigenvalue weighted by Gasteiger charge is 2.85. The number of carbonyl (C=O) groups excluding carboxylic acids is 4. The van der Waals surface area contributed by atoms with Gasteiger partial charge in [0.2, 0.25) is 5.79 Å². The van der Waals surface area contributed by atoms with Gasteiger partial charge in [-0.1, -0.05) is 13.8 Å². The van der Waals surface area contributed by atoms with E-state index in [1.807, 2.05) is 27.7 Å². The van der Waals surface area contributed by atoms with Crippen LogP contribution < -0.4 is 0 Å². The van der Waals surface area contributed by atoms with Crippen molar-refractivity contribution >= 4 is 23.7 Å². The number of hydrogen-bond acceptors (Lipinski definition) is 11. The van der Waals surface area contributed by atoms with E-state index in [0.29, 0.717) is 24.8 Å². The molecule has 5 heterocycles. The number of aliphatic hydroxyl groups is 2. The van der Waals surface area contributed by atoms with E-state index in [9.17, 15) is 29.4 Å². The first-order chi connectivity index (χ1) is 19.5. The van der Waals surface area contributed by atoms with Gasteiger partial charge in [0.1, 0.15) is 23.9 Å². The Hall–Kier alpha value is -2.34. The molecule has 11 nitrogen and oxygen atoms in total. The number of Topliss-reactive ketones (excluding diaryl/α,β-unsaturated/α-hetero) is 1. The lowest BCUT2D eigenvalue weighted by Gasteiger charge is -2.45. The number of rotatable bonds is 4. The van der Waals surface area contributed by atoms with Crippen molar-refractivity contribution in [2.24, 2.45) is 35.0 Å². The Bertz CT molecular complexity index is 1320. The number of ether oxygens (including phenoxy) is 5. The molecule has 1 unspecified atom stereocenters. The van der Waals surface area contributed by atoms with Crippen molar-refractivity contribution in [3.05, 3.63) is 11.6 Å². The first-order valence-corrected chi connectivity index (χ1v) is 15.1. The van der Waals surface area contributed by atoms with Crippen LogP contribution in [0.25, 0.3) is 0 Å². The summed E-state index contributed by atoms with van der Waals surface area (Å²) in [4.78, 5) is 51.2. The molecule has 2 saturated carbocycles. The molecule has 0 amide bonds. The molecule has 7 rings (SSSR count). The molecule has 11 heteroatoms. The van der Waals surface area contributed by atoms with Crippen LogP contribution in [0.5, 0.6) is 0 Å². The second-order valence-electron chi connectivity index (χ2n) is 14.6. The Morgan fingerprint density at radius 3 is 2.50 bits per heavy atom. The molecule has 2 N–H and O–H groups in total. The van der Waals surface area contributed by atoms with Gasteiger partial charge in [0, 0.05) is 30.3 Å². The molecule has 4 saturated heterocycles. The highest BCUT2D eigenvalue weighted by molar-refractivity contribution is 5.93. The van der Waals surface area contributed by atoms with Gasteiger partial charge in [0.25, 0.3) is 0 Å². The quantitative estimate of drug-likeness (QED) is 0.365. The minimum Gasteiger partial charge on any atom is -0.458 e. The standard InChI is InChI=1S/C31H40O11/c1-13-11-17(39-25(13)35)22(38-15(3)32)14(2)21-23-28(21,6)9-10-29-16(24(34)31(23,37)42-29)7-8-18-27(4,5)40-19-12-20(33)41-30(18,19)26(29)36/h11,14,16-19,21-23,26,36-37H,7-10,12H2,1-6H3/t14-,16-,17?,18-,19+,21+,22-,23-,26-,28+,29+,30+,31-/m0/s1. The molecular weight excluding hydrogens is 548 g/mol. The maximum absolute atomic E-state index is 14.3. The molecule has 0 aromatic carbocycles. The van der Waals surface area contributed by atoms with E-state index in [4.69, 9.17) is 23.7 Å². The summed E-state index contributed by atoms with van der Waals surface area (Å²) in [6.07, 6.45) is -0.441. The number of aliphatic hydroxyl groups excluding tert-OH is 1. The van der Waals surface area contributed by atoms with Gasteiger partial charge in [-0.15, -0.1) is 0 Å². The lowest BCUT2D eigenvalue weighted by atomic mass is 9.67. The van der Waals surface area contributed by atoms with Gasteiger partial charge in [-0.2, -0.15) is 0 Å². The molecule has 2 bridgehead atoms. The Labute approximate surface area is 244 Å². The van der Waals surface area contributed by atoms with Crippen molar-refractivity contribution in [3.8, 4) is 0 Å². The summed E-state index contributed by atoms with van der Waals surface area (Å²) in [7, 11) is 0. The first kappa shape index (κ1) is 28.4. The second-order valence-corrected chi connectivity index (χ2v) is 14.6. The van der Waals surface area contributed by atoms with Crippen LogP contribution in [0.4, 0.5) is 0 Å². The maximum Gasteiger partial charge on any atom is 0.334 e. The van der Waals surface area contributed by atoms with Crippen molar-refractivity contribution in [1.29, 1.82) is 0 Å². The molecule has 6 fully saturated rings. The molecule has 2 aliphatic carbocycles. The Balaban J connectivity index is 1.24. The summed E-state index contributed by atoms with van der Waals surface area (Å²) in [6.45, 7) is 10.6. The third-order valence-electron chi connectivity index (χ3n) is 12.1. The number of hydrogen-bond donors (Lipinski definition) is 2. The lowest BCUT2D eigenvalue weighted by Crippen LogP contribution is -2.63. The highest BCUT2D eigenvalue weighted by Crippen LogP contribution is 2.76. The van der Waals surface area contributed by atoms with Crippen LogP contribution in [-0.4, -0.2) is 80.9 Å². The second kappa shape index (κ2) is 8.43. The van der Waals surface area contributed by atoms with Crippen LogP contribution in [0.15, 0.2) is 11.6 Å². The van der Waals surface area contributed by atoms with Gasteiger partial charge in [-0.05, 0) is 63.9 Å². The Kier molecular flexibility index (Phi) is 5.71. The smallest absolute Gasteiger partial charge is 0.334 e. The monoisotopic (exact) mass is 588 g/mol. The fraction of sp³-hybridized carbons (Fsp3) is 0.806. The van der Waals surface area contributed by atoms with E-state index in [2.05, 4.69) is 0 Å². The normalized spacial score (nSPS) is 51.1. The number of carbonyl (C=O) groups is 4. The van der Waals surface area contributed by atoms with Crippen molar-refractivity contribution in [2.75, 3.05) is 0 Å². The molecule has 0 aromatic rings. The zero-order valence-electron chi connectivity index (χ0n) is 24.9. The fourth-order valence-corrected chi connectivity index (χ4v) is 10.4. The molecular formula is C31H40O11. The van der Waals surface area contributed by atoms with E-state index in [1.54, 1.807) is 13.0 Å². The highest BCUT2D eigenvalue weighted by atomic mass is 16.7. The molecule has 0 radical (unpaired) electrons. The van der Waals surface area contributed by atoms with Crippen LogP contribution in [0, 0.1) is 35.0 Å². The van der Waals surface area contributed by atoms with Gasteiger partial charge in [-0.3, -0.25) is 14.4 Å². The maximum atomic E-state index is 14.3. The summed E-state index contributed by atoms with van der Waals surface area (Å²) in [6, 6.07) is 0. The van der Waals surface area contributed by atoms with E-state index in [1.165, 1.54) is 6.92 Å². The SMILES string of the molecule is CC(=O)O[C@H](C1C=C(C)C(=O)O1)[C@@H](C)[C@@H]1[C@H]2[C@]1(C)CC[C@@]13O[C@]2(O)C(=O)[C@@H]1CC[C@H]1C(C)(C)O[C@@H]2CC(=O)O[C@@]21[C@H]3O. The molecule has 13 atom stereocenters. The molecule has 5 aliphatic heterocycles. The van der Waals surface area contributed by atoms with Crippen LogP contribution in [0.1, 0.15) is 73.6 Å². The van der Waals surface area contributed by atoms with Crippen LogP contribution in [0.2, 0.25) is 0 Å². The number of cyclic esters (lactones) is 1. The largest absolute Gasteiger partial charge is 0.458 e. The van der Waals surface area contributed by atoms with Crippen molar-refractivity contribution in [2.45, 2.75) is 121 Å². The van der Waals surface area contributed by atoms with Crippen molar-refractivity contribution in [1.82, 2.24) is 0 Å². The topological polar surface area (TPSA) is 155 Å². The average Bonchev–Trinajstić information content (AvgIpc) is 2.99. The predicted octanol–water partition coefficient (Wildman–Crippen LogP) is 1.75. The molecule has 0 aromatic heterocycles. The number of esters is 3. The summed E-state index contributed by atoms with van der Waals surface area (Å²) in [5.41, 5.74) is -3.69. The number of fused-ring (bicyclic) bond motifs is 3. The summed E-state index contributed by atoms with van der Waals surface area (Å²) < 4.78 is 30.0. The first-order valence-electron chi connectivity index (χ1n) is 15.1.